The van der Waals surface area contributed by atoms with Crippen molar-refractivity contribution in [3.05, 3.63) is 70.7 Å². The molecule has 0 unspecified atom stereocenters. The maximum atomic E-state index is 11.8. The molecule has 0 aliphatic heterocycles. The lowest BCUT2D eigenvalue weighted by Crippen LogP contribution is -2.11. The standard InChI is InChI=1S/C16H15ClO/c1-12(18)16(14-5-3-2-4-6-14)11-13-7-9-15(17)10-8-13/h2-10,16H,11H2,1H3/t16-/m1/s1. The van der Waals surface area contributed by atoms with Crippen molar-refractivity contribution >= 4 is 17.4 Å². The van der Waals surface area contributed by atoms with E-state index in [0.717, 1.165) is 22.6 Å². The predicted octanol–water partition coefficient (Wildman–Crippen LogP) is 4.26. The van der Waals surface area contributed by atoms with Gasteiger partial charge in [-0.05, 0) is 36.6 Å². The van der Waals surface area contributed by atoms with Crippen LogP contribution in [0.5, 0.6) is 0 Å². The molecular formula is C16H15ClO. The average Bonchev–Trinajstić information content (AvgIpc) is 2.38. The first-order chi connectivity index (χ1) is 8.66. The zero-order chi connectivity index (χ0) is 13.0. The van der Waals surface area contributed by atoms with Crippen molar-refractivity contribution in [1.82, 2.24) is 0 Å². The summed E-state index contributed by atoms with van der Waals surface area (Å²) < 4.78 is 0. The summed E-state index contributed by atoms with van der Waals surface area (Å²) >= 11 is 5.86. The molecule has 0 fully saturated rings. The van der Waals surface area contributed by atoms with Crippen LogP contribution < -0.4 is 0 Å². The van der Waals surface area contributed by atoms with Crippen LogP contribution in [0, 0.1) is 0 Å². The number of ketones is 1. The van der Waals surface area contributed by atoms with E-state index in [1.54, 1.807) is 6.92 Å². The third kappa shape index (κ3) is 3.21. The number of Topliss-reactive ketones (excluding diaryl/α,β-unsaturated/α-hetero) is 1. The zero-order valence-corrected chi connectivity index (χ0v) is 11.0. The second kappa shape index (κ2) is 5.83. The monoisotopic (exact) mass is 258 g/mol. The van der Waals surface area contributed by atoms with Crippen LogP contribution in [0.2, 0.25) is 5.02 Å². The molecule has 2 rings (SSSR count). The van der Waals surface area contributed by atoms with E-state index in [9.17, 15) is 4.79 Å². The molecule has 0 aliphatic carbocycles. The number of carbonyl (C=O) groups excluding carboxylic acids is 1. The number of rotatable bonds is 4. The van der Waals surface area contributed by atoms with Crippen LogP contribution in [0.25, 0.3) is 0 Å². The van der Waals surface area contributed by atoms with Crippen LogP contribution >= 0.6 is 11.6 Å². The van der Waals surface area contributed by atoms with Crippen LogP contribution in [-0.4, -0.2) is 5.78 Å². The van der Waals surface area contributed by atoms with Crippen LogP contribution in [-0.2, 0) is 11.2 Å². The van der Waals surface area contributed by atoms with E-state index in [1.165, 1.54) is 0 Å². The Bertz CT molecular complexity index is 517. The van der Waals surface area contributed by atoms with Gasteiger partial charge in [-0.2, -0.15) is 0 Å². The van der Waals surface area contributed by atoms with E-state index in [-0.39, 0.29) is 11.7 Å². The Kier molecular flexibility index (Phi) is 4.16. The number of benzene rings is 2. The molecule has 0 radical (unpaired) electrons. The van der Waals surface area contributed by atoms with Gasteiger partial charge in [0.05, 0.1) is 0 Å². The van der Waals surface area contributed by atoms with Gasteiger partial charge < -0.3 is 0 Å². The van der Waals surface area contributed by atoms with Gasteiger partial charge in [-0.25, -0.2) is 0 Å². The van der Waals surface area contributed by atoms with E-state index in [0.29, 0.717) is 0 Å². The fraction of sp³-hybridized carbons (Fsp3) is 0.188. The highest BCUT2D eigenvalue weighted by Crippen LogP contribution is 2.22. The molecule has 1 nitrogen and oxygen atoms in total. The SMILES string of the molecule is CC(=O)[C@@H](Cc1ccc(Cl)cc1)c1ccccc1. The van der Waals surface area contributed by atoms with Gasteiger partial charge in [0, 0.05) is 10.9 Å². The first-order valence-corrected chi connectivity index (χ1v) is 6.34. The molecule has 18 heavy (non-hydrogen) atoms. The molecule has 0 amide bonds. The Morgan fingerprint density at radius 2 is 1.67 bits per heavy atom. The zero-order valence-electron chi connectivity index (χ0n) is 10.3. The molecule has 92 valence electrons. The second-order valence-electron chi connectivity index (χ2n) is 4.40. The summed E-state index contributed by atoms with van der Waals surface area (Å²) in [6.45, 7) is 1.65. The van der Waals surface area contributed by atoms with Crippen LogP contribution in [0.15, 0.2) is 54.6 Å². The topological polar surface area (TPSA) is 17.1 Å². The lowest BCUT2D eigenvalue weighted by Gasteiger charge is -2.14. The van der Waals surface area contributed by atoms with Crippen molar-refractivity contribution in [3.63, 3.8) is 0 Å². The Balaban J connectivity index is 2.22. The minimum Gasteiger partial charge on any atom is -0.299 e. The van der Waals surface area contributed by atoms with Gasteiger partial charge in [0.25, 0.3) is 0 Å². The number of halogens is 1. The molecule has 2 aromatic rings. The summed E-state index contributed by atoms with van der Waals surface area (Å²) in [7, 11) is 0. The molecule has 2 aromatic carbocycles. The number of carbonyl (C=O) groups is 1. The van der Waals surface area contributed by atoms with Crippen molar-refractivity contribution in [2.45, 2.75) is 19.3 Å². The molecule has 0 aliphatic rings. The van der Waals surface area contributed by atoms with Crippen LogP contribution in [0.3, 0.4) is 0 Å². The van der Waals surface area contributed by atoms with Gasteiger partial charge in [0.2, 0.25) is 0 Å². The first-order valence-electron chi connectivity index (χ1n) is 5.96. The summed E-state index contributed by atoms with van der Waals surface area (Å²) in [4.78, 5) is 11.8. The third-order valence-corrected chi connectivity index (χ3v) is 3.30. The largest absolute Gasteiger partial charge is 0.299 e. The predicted molar refractivity (Wildman–Crippen MR) is 75.0 cm³/mol. The average molecular weight is 259 g/mol. The molecule has 0 spiro atoms. The van der Waals surface area contributed by atoms with E-state index < -0.39 is 0 Å². The lowest BCUT2D eigenvalue weighted by molar-refractivity contribution is -0.118. The molecule has 0 bridgehead atoms. The van der Waals surface area contributed by atoms with Crippen molar-refractivity contribution in [3.8, 4) is 0 Å². The van der Waals surface area contributed by atoms with Gasteiger partial charge in [0.1, 0.15) is 5.78 Å². The van der Waals surface area contributed by atoms with E-state index in [4.69, 9.17) is 11.6 Å². The fourth-order valence-corrected chi connectivity index (χ4v) is 2.16. The molecular weight excluding hydrogens is 244 g/mol. The quantitative estimate of drug-likeness (QED) is 0.801. The Morgan fingerprint density at radius 1 is 1.06 bits per heavy atom. The Labute approximate surface area is 112 Å². The van der Waals surface area contributed by atoms with Gasteiger partial charge in [-0.1, -0.05) is 54.1 Å². The molecule has 0 saturated heterocycles. The normalized spacial score (nSPS) is 12.1. The molecule has 0 aromatic heterocycles. The summed E-state index contributed by atoms with van der Waals surface area (Å²) in [6, 6.07) is 17.6. The lowest BCUT2D eigenvalue weighted by atomic mass is 9.89. The fourth-order valence-electron chi connectivity index (χ4n) is 2.04. The minimum atomic E-state index is -0.0765. The van der Waals surface area contributed by atoms with Crippen molar-refractivity contribution in [2.24, 2.45) is 0 Å². The molecule has 0 saturated carbocycles. The van der Waals surface area contributed by atoms with E-state index in [2.05, 4.69) is 0 Å². The van der Waals surface area contributed by atoms with Crippen molar-refractivity contribution in [2.75, 3.05) is 0 Å². The summed E-state index contributed by atoms with van der Waals surface area (Å²) in [6.07, 6.45) is 0.719. The van der Waals surface area contributed by atoms with E-state index in [1.807, 2.05) is 54.6 Å². The Hall–Kier alpha value is -1.60. The maximum absolute atomic E-state index is 11.8. The van der Waals surface area contributed by atoms with Gasteiger partial charge in [-0.3, -0.25) is 4.79 Å². The second-order valence-corrected chi connectivity index (χ2v) is 4.84. The van der Waals surface area contributed by atoms with Gasteiger partial charge in [0.15, 0.2) is 0 Å². The highest BCUT2D eigenvalue weighted by atomic mass is 35.5. The van der Waals surface area contributed by atoms with Gasteiger partial charge >= 0.3 is 0 Å². The summed E-state index contributed by atoms with van der Waals surface area (Å²) in [5.74, 6) is 0.114. The smallest absolute Gasteiger partial charge is 0.137 e. The van der Waals surface area contributed by atoms with E-state index >= 15 is 0 Å². The minimum absolute atomic E-state index is 0.0765. The molecule has 0 N–H and O–H groups in total. The molecule has 1 atom stereocenters. The Morgan fingerprint density at radius 3 is 2.22 bits per heavy atom. The number of hydrogen-bond donors (Lipinski definition) is 0. The van der Waals surface area contributed by atoms with Crippen LogP contribution in [0.4, 0.5) is 0 Å². The summed E-state index contributed by atoms with van der Waals surface area (Å²) in [5.41, 5.74) is 2.20. The summed E-state index contributed by atoms with van der Waals surface area (Å²) in [5, 5.41) is 0.720. The molecule has 0 heterocycles. The van der Waals surface area contributed by atoms with Crippen molar-refractivity contribution in [1.29, 1.82) is 0 Å². The first kappa shape index (κ1) is 12.8. The van der Waals surface area contributed by atoms with Crippen molar-refractivity contribution < 1.29 is 4.79 Å². The number of hydrogen-bond acceptors (Lipinski definition) is 1. The third-order valence-electron chi connectivity index (χ3n) is 3.05. The highest BCUT2D eigenvalue weighted by molar-refractivity contribution is 6.30. The van der Waals surface area contributed by atoms with Crippen LogP contribution in [0.1, 0.15) is 24.0 Å². The highest BCUT2D eigenvalue weighted by Gasteiger charge is 2.16. The maximum Gasteiger partial charge on any atom is 0.137 e. The van der Waals surface area contributed by atoms with Gasteiger partial charge in [-0.15, -0.1) is 0 Å². The molecule has 2 heteroatoms.